The predicted octanol–water partition coefficient (Wildman–Crippen LogP) is 3.79. The molecule has 0 amide bonds. The molecule has 3 heteroatoms. The van der Waals surface area contributed by atoms with E-state index in [-0.39, 0.29) is 6.04 Å². The van der Waals surface area contributed by atoms with Crippen LogP contribution in [0.1, 0.15) is 44.2 Å². The Morgan fingerprint density at radius 1 is 1.24 bits per heavy atom. The van der Waals surface area contributed by atoms with E-state index in [1.165, 1.54) is 25.0 Å². The van der Waals surface area contributed by atoms with Gasteiger partial charge in [0.05, 0.1) is 0 Å². The summed E-state index contributed by atoms with van der Waals surface area (Å²) in [6.07, 6.45) is 4.50. The summed E-state index contributed by atoms with van der Waals surface area (Å²) in [5, 5.41) is 0. The van der Waals surface area contributed by atoms with Crippen LogP contribution in [0.2, 0.25) is 0 Å². The minimum Gasteiger partial charge on any atom is -0.324 e. The van der Waals surface area contributed by atoms with Gasteiger partial charge in [-0.25, -0.2) is 8.78 Å². The van der Waals surface area contributed by atoms with E-state index in [0.29, 0.717) is 11.5 Å². The van der Waals surface area contributed by atoms with E-state index in [0.717, 1.165) is 24.8 Å². The first kappa shape index (κ1) is 12.5. The van der Waals surface area contributed by atoms with E-state index in [2.05, 4.69) is 6.92 Å². The molecular formula is C14H19F2N. The van der Waals surface area contributed by atoms with Gasteiger partial charge in [-0.2, -0.15) is 0 Å². The molecule has 3 unspecified atom stereocenters. The maximum Gasteiger partial charge on any atom is 0.126 e. The van der Waals surface area contributed by atoms with Crippen LogP contribution in [0.3, 0.4) is 0 Å². The zero-order valence-corrected chi connectivity index (χ0v) is 10.1. The molecule has 0 aliphatic heterocycles. The Labute approximate surface area is 101 Å². The van der Waals surface area contributed by atoms with Gasteiger partial charge in [0.2, 0.25) is 0 Å². The van der Waals surface area contributed by atoms with Crippen molar-refractivity contribution in [2.24, 2.45) is 17.6 Å². The van der Waals surface area contributed by atoms with Gasteiger partial charge in [-0.05, 0) is 42.4 Å². The van der Waals surface area contributed by atoms with Crippen LogP contribution in [0.15, 0.2) is 18.2 Å². The maximum atomic E-state index is 13.1. The number of hydrogen-bond acceptors (Lipinski definition) is 1. The van der Waals surface area contributed by atoms with Crippen LogP contribution >= 0.6 is 0 Å². The maximum absolute atomic E-state index is 13.1. The molecule has 1 aliphatic carbocycles. The first-order chi connectivity index (χ1) is 8.10. The Morgan fingerprint density at radius 2 is 1.88 bits per heavy atom. The highest BCUT2D eigenvalue weighted by Crippen LogP contribution is 2.39. The van der Waals surface area contributed by atoms with Crippen molar-refractivity contribution in [3.05, 3.63) is 35.4 Å². The Balaban J connectivity index is 2.11. The molecule has 0 saturated heterocycles. The summed E-state index contributed by atoms with van der Waals surface area (Å²) >= 11 is 0. The van der Waals surface area contributed by atoms with Gasteiger partial charge < -0.3 is 5.73 Å². The number of nitrogens with two attached hydrogens (primary N) is 1. The minimum absolute atomic E-state index is 0.239. The lowest BCUT2D eigenvalue weighted by atomic mass is 9.91. The van der Waals surface area contributed by atoms with Crippen LogP contribution in [0, 0.1) is 23.5 Å². The molecule has 17 heavy (non-hydrogen) atoms. The van der Waals surface area contributed by atoms with Crippen molar-refractivity contribution < 1.29 is 8.78 Å². The van der Waals surface area contributed by atoms with Gasteiger partial charge in [0, 0.05) is 12.1 Å². The number of hydrogen-bond donors (Lipinski definition) is 1. The molecule has 0 bridgehead atoms. The first-order valence-electron chi connectivity index (χ1n) is 6.31. The molecule has 0 heterocycles. The van der Waals surface area contributed by atoms with E-state index in [1.807, 2.05) is 0 Å². The second-order valence-corrected chi connectivity index (χ2v) is 5.08. The minimum atomic E-state index is -0.541. The number of halogens is 2. The van der Waals surface area contributed by atoms with Gasteiger partial charge in [0.15, 0.2) is 0 Å². The largest absolute Gasteiger partial charge is 0.324 e. The lowest BCUT2D eigenvalue weighted by molar-refractivity contribution is 0.413. The molecule has 0 spiro atoms. The van der Waals surface area contributed by atoms with E-state index < -0.39 is 11.6 Å². The smallest absolute Gasteiger partial charge is 0.126 e. The van der Waals surface area contributed by atoms with Gasteiger partial charge in [-0.1, -0.05) is 19.8 Å². The van der Waals surface area contributed by atoms with Gasteiger partial charge in [0.1, 0.15) is 11.6 Å². The molecule has 1 aliphatic rings. The third kappa shape index (κ3) is 2.83. The van der Waals surface area contributed by atoms with Crippen LogP contribution in [-0.4, -0.2) is 0 Å². The van der Waals surface area contributed by atoms with Crippen LogP contribution < -0.4 is 5.73 Å². The van der Waals surface area contributed by atoms with Crippen molar-refractivity contribution in [2.45, 2.75) is 38.6 Å². The molecule has 0 radical (unpaired) electrons. The quantitative estimate of drug-likeness (QED) is 0.853. The van der Waals surface area contributed by atoms with Crippen molar-refractivity contribution in [3.63, 3.8) is 0 Å². The summed E-state index contributed by atoms with van der Waals surface area (Å²) in [6.45, 7) is 2.18. The zero-order valence-electron chi connectivity index (χ0n) is 10.1. The lowest BCUT2D eigenvalue weighted by Gasteiger charge is -2.20. The Kier molecular flexibility index (Phi) is 3.77. The van der Waals surface area contributed by atoms with Crippen LogP contribution in [0.25, 0.3) is 0 Å². The average molecular weight is 239 g/mol. The van der Waals surface area contributed by atoms with Gasteiger partial charge in [-0.15, -0.1) is 0 Å². The van der Waals surface area contributed by atoms with Gasteiger partial charge in [0.25, 0.3) is 0 Å². The summed E-state index contributed by atoms with van der Waals surface area (Å²) < 4.78 is 26.2. The van der Waals surface area contributed by atoms with Crippen molar-refractivity contribution in [1.29, 1.82) is 0 Å². The summed E-state index contributed by atoms with van der Waals surface area (Å²) in [5.41, 5.74) is 6.71. The monoisotopic (exact) mass is 239 g/mol. The highest BCUT2D eigenvalue weighted by Gasteiger charge is 2.29. The summed E-state index contributed by atoms with van der Waals surface area (Å²) in [7, 11) is 0. The first-order valence-corrected chi connectivity index (χ1v) is 6.31. The molecule has 0 aromatic heterocycles. The van der Waals surface area contributed by atoms with Crippen LogP contribution in [0.4, 0.5) is 8.78 Å². The van der Waals surface area contributed by atoms with E-state index >= 15 is 0 Å². The third-order valence-electron chi connectivity index (χ3n) is 3.94. The summed E-state index contributed by atoms with van der Waals surface area (Å²) in [6, 6.07) is 3.36. The van der Waals surface area contributed by atoms with Gasteiger partial charge in [-0.3, -0.25) is 0 Å². The van der Waals surface area contributed by atoms with Crippen LogP contribution in [0.5, 0.6) is 0 Å². The molecular weight excluding hydrogens is 220 g/mol. The Hall–Kier alpha value is -0.960. The van der Waals surface area contributed by atoms with E-state index in [4.69, 9.17) is 5.73 Å². The Morgan fingerprint density at radius 3 is 2.41 bits per heavy atom. The second-order valence-electron chi connectivity index (χ2n) is 5.08. The molecule has 2 N–H and O–H groups in total. The molecule has 1 aromatic carbocycles. The standard InChI is InChI=1S/C14H19F2N/c1-2-9-3-4-10(5-9)14(17)11-6-12(15)8-13(16)7-11/h6-10,14H,2-5,17H2,1H3. The van der Waals surface area contributed by atoms with Crippen molar-refractivity contribution in [3.8, 4) is 0 Å². The zero-order chi connectivity index (χ0) is 12.4. The summed E-state index contributed by atoms with van der Waals surface area (Å²) in [4.78, 5) is 0. The molecule has 1 fully saturated rings. The lowest BCUT2D eigenvalue weighted by Crippen LogP contribution is -2.20. The SMILES string of the molecule is CCC1CCC(C(N)c2cc(F)cc(F)c2)C1. The highest BCUT2D eigenvalue weighted by atomic mass is 19.1. The number of rotatable bonds is 3. The molecule has 94 valence electrons. The normalized spacial score (nSPS) is 26.1. The van der Waals surface area contributed by atoms with Crippen molar-refractivity contribution in [1.82, 2.24) is 0 Å². The van der Waals surface area contributed by atoms with E-state index in [1.54, 1.807) is 0 Å². The fourth-order valence-corrected chi connectivity index (χ4v) is 2.85. The number of benzene rings is 1. The fraction of sp³-hybridized carbons (Fsp3) is 0.571. The molecule has 1 aromatic rings. The molecule has 1 nitrogen and oxygen atoms in total. The summed E-state index contributed by atoms with van der Waals surface area (Å²) in [5.74, 6) is 0.00610. The third-order valence-corrected chi connectivity index (χ3v) is 3.94. The highest BCUT2D eigenvalue weighted by molar-refractivity contribution is 5.22. The molecule has 1 saturated carbocycles. The average Bonchev–Trinajstić information content (AvgIpc) is 2.75. The Bertz CT molecular complexity index is 372. The topological polar surface area (TPSA) is 26.0 Å². The van der Waals surface area contributed by atoms with Crippen molar-refractivity contribution >= 4 is 0 Å². The predicted molar refractivity (Wildman–Crippen MR) is 64.4 cm³/mol. The van der Waals surface area contributed by atoms with Crippen molar-refractivity contribution in [2.75, 3.05) is 0 Å². The fourth-order valence-electron chi connectivity index (χ4n) is 2.85. The molecule has 3 atom stereocenters. The second kappa shape index (κ2) is 5.13. The van der Waals surface area contributed by atoms with Crippen LogP contribution in [-0.2, 0) is 0 Å². The van der Waals surface area contributed by atoms with E-state index in [9.17, 15) is 8.78 Å². The van der Waals surface area contributed by atoms with Gasteiger partial charge >= 0.3 is 0 Å². The molecule has 2 rings (SSSR count).